The second-order valence-corrected chi connectivity index (χ2v) is 7.19. The zero-order chi connectivity index (χ0) is 16.2. The van der Waals surface area contributed by atoms with Crippen molar-refractivity contribution >= 4 is 21.8 Å². The van der Waals surface area contributed by atoms with Gasteiger partial charge in [-0.1, -0.05) is 24.3 Å². The zero-order valence-corrected chi connectivity index (χ0v) is 13.5. The third-order valence-corrected chi connectivity index (χ3v) is 5.29. The molecule has 7 heteroatoms. The number of nitrogens with one attached hydrogen (secondary N) is 1. The summed E-state index contributed by atoms with van der Waals surface area (Å²) in [4.78, 5) is 0.614. The Morgan fingerprint density at radius 2 is 1.82 bits per heavy atom. The Labute approximate surface area is 133 Å². The molecule has 0 radical (unpaired) electrons. The molecule has 0 aliphatic heterocycles. The van der Waals surface area contributed by atoms with Crippen LogP contribution in [0.1, 0.15) is 11.7 Å². The van der Waals surface area contributed by atoms with E-state index in [0.29, 0.717) is 5.56 Å². The molecule has 0 aliphatic carbocycles. The Balaban J connectivity index is 2.06. The maximum Gasteiger partial charge on any atom is 0.243 e. The number of aliphatic hydroxyl groups excluding tert-OH is 1. The summed E-state index contributed by atoms with van der Waals surface area (Å²) in [6.45, 7) is -0.227. The van der Waals surface area contributed by atoms with E-state index in [4.69, 9.17) is 0 Å². The summed E-state index contributed by atoms with van der Waals surface area (Å²) in [6.07, 6.45) is 0.936. The van der Waals surface area contributed by atoms with Gasteiger partial charge < -0.3 is 5.11 Å². The van der Waals surface area contributed by atoms with Crippen LogP contribution >= 0.6 is 11.8 Å². The van der Waals surface area contributed by atoms with E-state index in [2.05, 4.69) is 4.72 Å². The molecule has 0 unspecified atom stereocenters. The zero-order valence-electron chi connectivity index (χ0n) is 11.9. The molecule has 0 fully saturated rings. The Kier molecular flexibility index (Phi) is 5.57. The van der Waals surface area contributed by atoms with Gasteiger partial charge in [0.1, 0.15) is 10.7 Å². The van der Waals surface area contributed by atoms with Crippen molar-refractivity contribution in [1.82, 2.24) is 4.72 Å². The number of aliphatic hydroxyl groups is 1. The van der Waals surface area contributed by atoms with E-state index < -0.39 is 26.8 Å². The standard InChI is InChI=1S/C15H16FNO3S2/c1-21-12-8-6-11(7-9-12)14(18)10-17-22(19,20)15-5-3-2-4-13(15)16/h2-9,14,17-18H,10H2,1H3/t14-/m1/s1. The molecule has 4 nitrogen and oxygen atoms in total. The van der Waals surface area contributed by atoms with Crippen molar-refractivity contribution in [2.75, 3.05) is 12.8 Å². The lowest BCUT2D eigenvalue weighted by Crippen LogP contribution is -2.29. The molecular formula is C15H16FNO3S2. The van der Waals surface area contributed by atoms with E-state index in [0.717, 1.165) is 11.0 Å². The first-order valence-electron chi connectivity index (χ1n) is 6.50. The summed E-state index contributed by atoms with van der Waals surface area (Å²) in [5.41, 5.74) is 0.592. The number of hydrogen-bond acceptors (Lipinski definition) is 4. The van der Waals surface area contributed by atoms with Crippen molar-refractivity contribution in [2.24, 2.45) is 0 Å². The minimum absolute atomic E-state index is 0.227. The van der Waals surface area contributed by atoms with Crippen LogP contribution in [-0.4, -0.2) is 26.3 Å². The molecule has 0 saturated carbocycles. The normalized spacial score (nSPS) is 13.0. The number of thioether (sulfide) groups is 1. The van der Waals surface area contributed by atoms with Crippen LogP contribution in [0.3, 0.4) is 0 Å². The minimum atomic E-state index is -4.00. The lowest BCUT2D eigenvalue weighted by atomic mass is 10.1. The first-order chi connectivity index (χ1) is 10.4. The summed E-state index contributed by atoms with van der Waals surface area (Å²) in [7, 11) is -4.00. The van der Waals surface area contributed by atoms with Gasteiger partial charge in [-0.05, 0) is 36.1 Å². The van der Waals surface area contributed by atoms with Gasteiger partial charge in [0.05, 0.1) is 6.10 Å². The molecule has 118 valence electrons. The second-order valence-electron chi connectivity index (χ2n) is 4.57. The molecule has 0 aromatic heterocycles. The molecule has 1 atom stereocenters. The highest BCUT2D eigenvalue weighted by Crippen LogP contribution is 2.19. The van der Waals surface area contributed by atoms with Crippen LogP contribution in [0, 0.1) is 5.82 Å². The van der Waals surface area contributed by atoms with Crippen molar-refractivity contribution < 1.29 is 17.9 Å². The molecule has 2 aromatic carbocycles. The lowest BCUT2D eigenvalue weighted by Gasteiger charge is -2.13. The maximum absolute atomic E-state index is 13.5. The summed E-state index contributed by atoms with van der Waals surface area (Å²) in [6, 6.07) is 12.3. The van der Waals surface area contributed by atoms with Gasteiger partial charge >= 0.3 is 0 Å². The molecule has 0 bridgehead atoms. The highest BCUT2D eigenvalue weighted by atomic mass is 32.2. The number of rotatable bonds is 6. The van der Waals surface area contributed by atoms with E-state index in [-0.39, 0.29) is 6.54 Å². The van der Waals surface area contributed by atoms with Crippen molar-refractivity contribution in [3.8, 4) is 0 Å². The van der Waals surface area contributed by atoms with Crippen LogP contribution < -0.4 is 4.72 Å². The Morgan fingerprint density at radius 1 is 1.18 bits per heavy atom. The molecule has 0 amide bonds. The van der Waals surface area contributed by atoms with Gasteiger partial charge in [-0.3, -0.25) is 0 Å². The van der Waals surface area contributed by atoms with Crippen LogP contribution in [0.4, 0.5) is 4.39 Å². The summed E-state index contributed by atoms with van der Waals surface area (Å²) in [5, 5.41) is 10.0. The average molecular weight is 341 g/mol. The highest BCUT2D eigenvalue weighted by Gasteiger charge is 2.20. The van der Waals surface area contributed by atoms with Crippen LogP contribution in [0.25, 0.3) is 0 Å². The predicted octanol–water partition coefficient (Wildman–Crippen LogP) is 2.56. The monoisotopic (exact) mass is 341 g/mol. The largest absolute Gasteiger partial charge is 0.387 e. The van der Waals surface area contributed by atoms with Gasteiger partial charge in [0.2, 0.25) is 10.0 Å². The first kappa shape index (κ1) is 17.0. The fraction of sp³-hybridized carbons (Fsp3) is 0.200. The molecule has 2 N–H and O–H groups in total. The summed E-state index contributed by atoms with van der Waals surface area (Å²) < 4.78 is 39.8. The fourth-order valence-electron chi connectivity index (χ4n) is 1.87. The van der Waals surface area contributed by atoms with Crippen LogP contribution in [0.2, 0.25) is 0 Å². The van der Waals surface area contributed by atoms with E-state index in [1.54, 1.807) is 23.9 Å². The van der Waals surface area contributed by atoms with E-state index in [1.807, 2.05) is 18.4 Å². The summed E-state index contributed by atoms with van der Waals surface area (Å²) >= 11 is 1.57. The Morgan fingerprint density at radius 3 is 2.41 bits per heavy atom. The Bertz CT molecular complexity index is 733. The van der Waals surface area contributed by atoms with Crippen LogP contribution in [-0.2, 0) is 10.0 Å². The molecular weight excluding hydrogens is 325 g/mol. The SMILES string of the molecule is CSc1ccc([C@H](O)CNS(=O)(=O)c2ccccc2F)cc1. The van der Waals surface area contributed by atoms with Crippen LogP contribution in [0.5, 0.6) is 0 Å². The number of sulfonamides is 1. The number of halogens is 1. The van der Waals surface area contributed by atoms with E-state index >= 15 is 0 Å². The minimum Gasteiger partial charge on any atom is -0.387 e. The molecule has 0 aliphatic rings. The van der Waals surface area contributed by atoms with Gasteiger partial charge in [-0.15, -0.1) is 11.8 Å². The molecule has 22 heavy (non-hydrogen) atoms. The maximum atomic E-state index is 13.5. The molecule has 0 spiro atoms. The van der Waals surface area contributed by atoms with Crippen molar-refractivity contribution in [1.29, 1.82) is 0 Å². The smallest absolute Gasteiger partial charge is 0.243 e. The molecule has 2 aromatic rings. The third-order valence-electron chi connectivity index (χ3n) is 3.09. The number of hydrogen-bond donors (Lipinski definition) is 2. The van der Waals surface area contributed by atoms with Gasteiger partial charge in [0.25, 0.3) is 0 Å². The van der Waals surface area contributed by atoms with Crippen molar-refractivity contribution in [3.05, 3.63) is 59.9 Å². The highest BCUT2D eigenvalue weighted by molar-refractivity contribution is 7.98. The topological polar surface area (TPSA) is 66.4 Å². The number of benzene rings is 2. The van der Waals surface area contributed by atoms with Gasteiger partial charge in [-0.2, -0.15) is 0 Å². The molecule has 0 saturated heterocycles. The quantitative estimate of drug-likeness (QED) is 0.793. The second kappa shape index (κ2) is 7.23. The predicted molar refractivity (Wildman–Crippen MR) is 84.8 cm³/mol. The van der Waals surface area contributed by atoms with Gasteiger partial charge in [0.15, 0.2) is 0 Å². The Hall–Kier alpha value is -1.41. The lowest BCUT2D eigenvalue weighted by molar-refractivity contribution is 0.182. The van der Waals surface area contributed by atoms with Crippen LogP contribution in [0.15, 0.2) is 58.3 Å². The fourth-order valence-corrected chi connectivity index (χ4v) is 3.40. The van der Waals surface area contributed by atoms with Crippen molar-refractivity contribution in [3.63, 3.8) is 0 Å². The summed E-state index contributed by atoms with van der Waals surface area (Å²) in [5.74, 6) is -0.825. The molecule has 2 rings (SSSR count). The third kappa shape index (κ3) is 4.07. The van der Waals surface area contributed by atoms with E-state index in [9.17, 15) is 17.9 Å². The average Bonchev–Trinajstić information content (AvgIpc) is 2.53. The van der Waals surface area contributed by atoms with Gasteiger partial charge in [-0.25, -0.2) is 17.5 Å². The first-order valence-corrected chi connectivity index (χ1v) is 9.21. The van der Waals surface area contributed by atoms with Crippen molar-refractivity contribution in [2.45, 2.75) is 15.9 Å². The van der Waals surface area contributed by atoms with E-state index in [1.165, 1.54) is 18.2 Å². The molecule has 0 heterocycles. The van der Waals surface area contributed by atoms with Gasteiger partial charge in [0, 0.05) is 11.4 Å².